The van der Waals surface area contributed by atoms with Gasteiger partial charge >= 0.3 is 0 Å². The van der Waals surface area contributed by atoms with E-state index in [4.69, 9.17) is 14.2 Å². The van der Waals surface area contributed by atoms with E-state index >= 15 is 0 Å². The van der Waals surface area contributed by atoms with Gasteiger partial charge in [-0.25, -0.2) is 4.39 Å². The van der Waals surface area contributed by atoms with Crippen molar-refractivity contribution in [1.82, 2.24) is 0 Å². The third-order valence-electron chi connectivity index (χ3n) is 3.04. The molecule has 1 heterocycles. The number of aliphatic hydroxyl groups excluding tert-OH is 1. The third-order valence-corrected chi connectivity index (χ3v) is 3.50. The standard InChI is InChI=1S/C15H12BrFO4/c16-11-1-9(2-12(17)4-11)7-19-13-5-15-14(20-8-21-15)3-10(13)6-18/h1-5,18H,6-8H2. The zero-order valence-corrected chi connectivity index (χ0v) is 12.5. The highest BCUT2D eigenvalue weighted by Crippen LogP contribution is 2.38. The van der Waals surface area contributed by atoms with Gasteiger partial charge < -0.3 is 19.3 Å². The molecular weight excluding hydrogens is 343 g/mol. The van der Waals surface area contributed by atoms with Crippen LogP contribution in [0.2, 0.25) is 0 Å². The molecule has 0 saturated heterocycles. The summed E-state index contributed by atoms with van der Waals surface area (Å²) >= 11 is 3.24. The van der Waals surface area contributed by atoms with Crippen LogP contribution in [0.25, 0.3) is 0 Å². The molecule has 1 aliphatic heterocycles. The summed E-state index contributed by atoms with van der Waals surface area (Å²) in [5.74, 6) is 1.31. The largest absolute Gasteiger partial charge is 0.488 e. The van der Waals surface area contributed by atoms with Crippen LogP contribution < -0.4 is 14.2 Å². The lowest BCUT2D eigenvalue weighted by Gasteiger charge is -2.11. The fourth-order valence-corrected chi connectivity index (χ4v) is 2.59. The highest BCUT2D eigenvalue weighted by atomic mass is 79.9. The van der Waals surface area contributed by atoms with Crippen LogP contribution in [0.15, 0.2) is 34.8 Å². The number of hydrogen-bond acceptors (Lipinski definition) is 4. The van der Waals surface area contributed by atoms with E-state index in [2.05, 4.69) is 15.9 Å². The van der Waals surface area contributed by atoms with Gasteiger partial charge in [-0.15, -0.1) is 0 Å². The predicted octanol–water partition coefficient (Wildman–Crippen LogP) is 3.39. The third kappa shape index (κ3) is 3.11. The summed E-state index contributed by atoms with van der Waals surface area (Å²) in [6.45, 7) is 0.155. The minimum absolute atomic E-state index is 0.153. The van der Waals surface area contributed by atoms with E-state index in [9.17, 15) is 9.50 Å². The summed E-state index contributed by atoms with van der Waals surface area (Å²) in [5.41, 5.74) is 1.28. The Hall–Kier alpha value is -1.79. The van der Waals surface area contributed by atoms with Crippen molar-refractivity contribution < 1.29 is 23.7 Å². The molecule has 2 aromatic carbocycles. The number of hydrogen-bond donors (Lipinski definition) is 1. The van der Waals surface area contributed by atoms with Crippen LogP contribution >= 0.6 is 15.9 Å². The first-order valence-corrected chi connectivity index (χ1v) is 7.06. The van der Waals surface area contributed by atoms with Crippen molar-refractivity contribution in [3.05, 3.63) is 51.7 Å². The van der Waals surface area contributed by atoms with Crippen molar-refractivity contribution in [2.75, 3.05) is 6.79 Å². The fourth-order valence-electron chi connectivity index (χ4n) is 2.08. The second-order valence-electron chi connectivity index (χ2n) is 4.54. The molecule has 2 aromatic rings. The number of fused-ring (bicyclic) bond motifs is 1. The van der Waals surface area contributed by atoms with Crippen LogP contribution in [0.4, 0.5) is 4.39 Å². The molecule has 1 N–H and O–H groups in total. The SMILES string of the molecule is OCc1cc2c(cc1OCc1cc(F)cc(Br)c1)OCO2. The molecule has 0 saturated carbocycles. The topological polar surface area (TPSA) is 47.9 Å². The minimum Gasteiger partial charge on any atom is -0.488 e. The van der Waals surface area contributed by atoms with Gasteiger partial charge in [-0.05, 0) is 29.8 Å². The number of halogens is 2. The maximum Gasteiger partial charge on any atom is 0.231 e. The van der Waals surface area contributed by atoms with Gasteiger partial charge in [0.25, 0.3) is 0 Å². The maximum atomic E-state index is 13.3. The number of aliphatic hydroxyl groups is 1. The summed E-state index contributed by atoms with van der Waals surface area (Å²) in [5, 5.41) is 9.39. The van der Waals surface area contributed by atoms with Crippen LogP contribution in [0.5, 0.6) is 17.2 Å². The number of rotatable bonds is 4. The molecule has 3 rings (SSSR count). The number of ether oxygens (including phenoxy) is 3. The molecule has 0 amide bonds. The highest BCUT2D eigenvalue weighted by Gasteiger charge is 2.17. The monoisotopic (exact) mass is 354 g/mol. The van der Waals surface area contributed by atoms with E-state index in [1.54, 1.807) is 18.2 Å². The van der Waals surface area contributed by atoms with E-state index in [-0.39, 0.29) is 25.8 Å². The molecule has 0 bridgehead atoms. The average Bonchev–Trinajstić information content (AvgIpc) is 2.90. The lowest BCUT2D eigenvalue weighted by Crippen LogP contribution is -1.99. The molecule has 4 nitrogen and oxygen atoms in total. The Bertz CT molecular complexity index is 655. The Kier molecular flexibility index (Phi) is 3.98. The molecule has 0 aliphatic carbocycles. The van der Waals surface area contributed by atoms with Crippen LogP contribution in [-0.2, 0) is 13.2 Å². The molecule has 0 spiro atoms. The molecule has 0 aromatic heterocycles. The molecule has 0 atom stereocenters. The van der Waals surface area contributed by atoms with E-state index in [0.717, 1.165) is 0 Å². The van der Waals surface area contributed by atoms with Gasteiger partial charge in [-0.2, -0.15) is 0 Å². The molecule has 0 radical (unpaired) electrons. The first kappa shape index (κ1) is 14.2. The molecule has 0 fully saturated rings. The Morgan fingerprint density at radius 3 is 2.62 bits per heavy atom. The first-order chi connectivity index (χ1) is 10.2. The van der Waals surface area contributed by atoms with Crippen molar-refractivity contribution in [2.24, 2.45) is 0 Å². The predicted molar refractivity (Wildman–Crippen MR) is 76.9 cm³/mol. The molecule has 6 heteroatoms. The van der Waals surface area contributed by atoms with Crippen LogP contribution in [0.1, 0.15) is 11.1 Å². The average molecular weight is 355 g/mol. The normalized spacial score (nSPS) is 12.5. The lowest BCUT2D eigenvalue weighted by atomic mass is 10.2. The first-order valence-electron chi connectivity index (χ1n) is 6.27. The summed E-state index contributed by atoms with van der Waals surface area (Å²) in [6.07, 6.45) is 0. The van der Waals surface area contributed by atoms with E-state index in [0.29, 0.717) is 32.8 Å². The van der Waals surface area contributed by atoms with Crippen molar-refractivity contribution in [2.45, 2.75) is 13.2 Å². The Morgan fingerprint density at radius 1 is 1.14 bits per heavy atom. The van der Waals surface area contributed by atoms with Crippen LogP contribution in [0, 0.1) is 5.82 Å². The van der Waals surface area contributed by atoms with Gasteiger partial charge in [0.2, 0.25) is 6.79 Å². The minimum atomic E-state index is -0.337. The molecule has 21 heavy (non-hydrogen) atoms. The fraction of sp³-hybridized carbons (Fsp3) is 0.200. The van der Waals surface area contributed by atoms with E-state index in [1.165, 1.54) is 12.1 Å². The van der Waals surface area contributed by atoms with Crippen molar-refractivity contribution in [3.63, 3.8) is 0 Å². The Morgan fingerprint density at radius 2 is 1.90 bits per heavy atom. The van der Waals surface area contributed by atoms with E-state index < -0.39 is 0 Å². The number of benzene rings is 2. The molecular formula is C15H12BrFO4. The maximum absolute atomic E-state index is 13.3. The van der Waals surface area contributed by atoms with Crippen molar-refractivity contribution in [3.8, 4) is 17.2 Å². The second-order valence-corrected chi connectivity index (χ2v) is 5.45. The molecule has 0 unspecified atom stereocenters. The zero-order valence-electron chi connectivity index (χ0n) is 10.9. The molecule has 1 aliphatic rings. The Labute approximate surface area is 129 Å². The summed E-state index contributed by atoms with van der Waals surface area (Å²) in [6, 6.07) is 7.90. The highest BCUT2D eigenvalue weighted by molar-refractivity contribution is 9.10. The smallest absolute Gasteiger partial charge is 0.231 e. The summed E-state index contributed by atoms with van der Waals surface area (Å²) in [4.78, 5) is 0. The summed E-state index contributed by atoms with van der Waals surface area (Å²) < 4.78 is 30.2. The Balaban J connectivity index is 1.81. The summed E-state index contributed by atoms with van der Waals surface area (Å²) in [7, 11) is 0. The second kappa shape index (κ2) is 5.91. The lowest BCUT2D eigenvalue weighted by molar-refractivity contribution is 0.173. The van der Waals surface area contributed by atoms with E-state index in [1.807, 2.05) is 0 Å². The van der Waals surface area contributed by atoms with Crippen molar-refractivity contribution >= 4 is 15.9 Å². The van der Waals surface area contributed by atoms with Crippen molar-refractivity contribution in [1.29, 1.82) is 0 Å². The zero-order chi connectivity index (χ0) is 14.8. The van der Waals surface area contributed by atoms with Gasteiger partial charge in [0.1, 0.15) is 18.2 Å². The van der Waals surface area contributed by atoms with Gasteiger partial charge in [0, 0.05) is 16.1 Å². The van der Waals surface area contributed by atoms with Gasteiger partial charge in [-0.1, -0.05) is 15.9 Å². The van der Waals surface area contributed by atoms with Crippen LogP contribution in [0.3, 0.4) is 0 Å². The van der Waals surface area contributed by atoms with Crippen LogP contribution in [-0.4, -0.2) is 11.9 Å². The van der Waals surface area contributed by atoms with Gasteiger partial charge in [0.05, 0.1) is 6.61 Å². The quantitative estimate of drug-likeness (QED) is 0.914. The van der Waals surface area contributed by atoms with Gasteiger partial charge in [-0.3, -0.25) is 0 Å². The van der Waals surface area contributed by atoms with Gasteiger partial charge in [0.15, 0.2) is 11.5 Å². The molecule has 110 valence electrons.